The summed E-state index contributed by atoms with van der Waals surface area (Å²) in [5, 5.41) is 12.6. The number of anilines is 1. The van der Waals surface area contributed by atoms with E-state index in [9.17, 15) is 28.0 Å². The molecule has 3 aromatic rings. The number of furan rings is 1. The van der Waals surface area contributed by atoms with Gasteiger partial charge in [-0.25, -0.2) is 4.79 Å². The molecule has 0 bridgehead atoms. The number of nitrogens with one attached hydrogen (secondary N) is 1. The van der Waals surface area contributed by atoms with E-state index in [1.807, 2.05) is 0 Å². The van der Waals surface area contributed by atoms with Gasteiger partial charge in [0.05, 0.1) is 22.8 Å². The molecule has 0 aliphatic heterocycles. The van der Waals surface area contributed by atoms with Gasteiger partial charge in [0.25, 0.3) is 5.91 Å². The molecule has 2 heterocycles. The number of benzene rings is 1. The van der Waals surface area contributed by atoms with Gasteiger partial charge in [0.15, 0.2) is 0 Å². The predicted molar refractivity (Wildman–Crippen MR) is 133 cm³/mol. The highest BCUT2D eigenvalue weighted by molar-refractivity contribution is 7.17. The quantitative estimate of drug-likeness (QED) is 0.198. The maximum absolute atomic E-state index is 13.1. The highest BCUT2D eigenvalue weighted by Crippen LogP contribution is 2.39. The Labute approximate surface area is 219 Å². The minimum Gasteiger partial charge on any atom is -0.462 e. The predicted octanol–water partition coefficient (Wildman–Crippen LogP) is 7.28. The van der Waals surface area contributed by atoms with E-state index in [0.717, 1.165) is 54.0 Å². The summed E-state index contributed by atoms with van der Waals surface area (Å²) in [6.45, 7) is 1.87. The lowest BCUT2D eigenvalue weighted by Crippen LogP contribution is -2.16. The molecule has 1 amide bonds. The molecule has 1 N–H and O–H groups in total. The van der Waals surface area contributed by atoms with Gasteiger partial charge in [0, 0.05) is 16.5 Å². The van der Waals surface area contributed by atoms with Gasteiger partial charge < -0.3 is 14.5 Å². The summed E-state index contributed by atoms with van der Waals surface area (Å²) in [7, 11) is 0. The monoisotopic (exact) mass is 548 g/mol. The second-order valence-electron chi connectivity index (χ2n) is 8.15. The Morgan fingerprint density at radius 2 is 2.00 bits per heavy atom. The molecule has 0 fully saturated rings. The molecule has 0 saturated heterocycles. The molecule has 11 heteroatoms. The van der Waals surface area contributed by atoms with E-state index < -0.39 is 23.6 Å². The third-order valence-corrected chi connectivity index (χ3v) is 7.25. The van der Waals surface area contributed by atoms with Crippen LogP contribution in [-0.2, 0) is 28.5 Å². The van der Waals surface area contributed by atoms with Gasteiger partial charge in [0.1, 0.15) is 28.2 Å². The number of aryl methyl sites for hydroxylation is 1. The van der Waals surface area contributed by atoms with Crippen LogP contribution in [0.5, 0.6) is 0 Å². The van der Waals surface area contributed by atoms with E-state index in [-0.39, 0.29) is 34.3 Å². The Morgan fingerprint density at radius 3 is 2.70 bits per heavy atom. The molecule has 6 nitrogen and oxygen atoms in total. The summed E-state index contributed by atoms with van der Waals surface area (Å²) in [6, 6.07) is 7.44. The van der Waals surface area contributed by atoms with E-state index in [0.29, 0.717) is 17.0 Å². The summed E-state index contributed by atoms with van der Waals surface area (Å²) in [6.07, 6.45) is -0.0184. The molecule has 2 aromatic heterocycles. The Kier molecular flexibility index (Phi) is 7.76. The zero-order valence-corrected chi connectivity index (χ0v) is 21.1. The molecule has 192 valence electrons. The Morgan fingerprint density at radius 1 is 1.24 bits per heavy atom. The molecule has 1 aromatic carbocycles. The van der Waals surface area contributed by atoms with Crippen molar-refractivity contribution in [3.63, 3.8) is 0 Å². The highest BCUT2D eigenvalue weighted by Gasteiger charge is 2.31. The van der Waals surface area contributed by atoms with Crippen LogP contribution in [0.25, 0.3) is 17.4 Å². The lowest BCUT2D eigenvalue weighted by molar-refractivity contribution is -0.137. The first-order valence-corrected chi connectivity index (χ1v) is 12.5. The van der Waals surface area contributed by atoms with Crippen LogP contribution in [0.3, 0.4) is 0 Å². The van der Waals surface area contributed by atoms with Gasteiger partial charge in [-0.3, -0.25) is 4.79 Å². The Hall–Kier alpha value is -3.55. The first-order valence-electron chi connectivity index (χ1n) is 11.3. The lowest BCUT2D eigenvalue weighted by Gasteiger charge is -2.12. The third-order valence-electron chi connectivity index (χ3n) is 5.72. The molecular weight excluding hydrogens is 529 g/mol. The summed E-state index contributed by atoms with van der Waals surface area (Å²) in [5.74, 6) is -1.20. The number of esters is 1. The minimum atomic E-state index is -4.57. The number of rotatable bonds is 6. The zero-order chi connectivity index (χ0) is 26.7. The summed E-state index contributed by atoms with van der Waals surface area (Å²) >= 11 is 7.36. The molecule has 4 rings (SSSR count). The van der Waals surface area contributed by atoms with E-state index in [2.05, 4.69) is 5.32 Å². The number of hydrogen-bond donors (Lipinski definition) is 1. The molecule has 1 aliphatic rings. The van der Waals surface area contributed by atoms with Gasteiger partial charge >= 0.3 is 12.1 Å². The number of amides is 1. The first kappa shape index (κ1) is 26.5. The number of ether oxygens (including phenoxy) is 1. The number of halogens is 4. The number of thiophene rings is 1. The maximum Gasteiger partial charge on any atom is 0.416 e. The number of carbonyl (C=O) groups excluding carboxylic acids is 2. The summed E-state index contributed by atoms with van der Waals surface area (Å²) in [4.78, 5) is 26.6. The van der Waals surface area contributed by atoms with Gasteiger partial charge in [0.2, 0.25) is 0 Å². The fourth-order valence-corrected chi connectivity index (χ4v) is 5.48. The number of nitriles is 1. The normalized spacial score (nSPS) is 13.6. The van der Waals surface area contributed by atoms with E-state index in [1.54, 1.807) is 13.0 Å². The van der Waals surface area contributed by atoms with Crippen molar-refractivity contribution >= 4 is 45.9 Å². The molecular formula is C26H20ClF3N2O4S. The van der Waals surface area contributed by atoms with Gasteiger partial charge in [-0.15, -0.1) is 11.3 Å². The van der Waals surface area contributed by atoms with E-state index in [4.69, 9.17) is 20.8 Å². The van der Waals surface area contributed by atoms with Crippen LogP contribution in [0, 0.1) is 11.3 Å². The zero-order valence-electron chi connectivity index (χ0n) is 19.5. The molecule has 0 radical (unpaired) electrons. The smallest absolute Gasteiger partial charge is 0.416 e. The number of hydrogen-bond acceptors (Lipinski definition) is 6. The van der Waals surface area contributed by atoms with Crippen LogP contribution in [0.2, 0.25) is 5.02 Å². The molecule has 0 saturated carbocycles. The van der Waals surface area contributed by atoms with Crippen LogP contribution < -0.4 is 5.32 Å². The second kappa shape index (κ2) is 10.8. The van der Waals surface area contributed by atoms with Crippen molar-refractivity contribution in [1.82, 2.24) is 0 Å². The third kappa shape index (κ3) is 5.73. The minimum absolute atomic E-state index is 0.0161. The molecule has 0 atom stereocenters. The highest BCUT2D eigenvalue weighted by atomic mass is 35.5. The average molecular weight is 549 g/mol. The Bertz CT molecular complexity index is 1430. The van der Waals surface area contributed by atoms with Crippen molar-refractivity contribution in [2.45, 2.75) is 38.8 Å². The van der Waals surface area contributed by atoms with E-state index >= 15 is 0 Å². The fourth-order valence-electron chi connectivity index (χ4n) is 4.00. The number of alkyl halides is 3. The second-order valence-corrected chi connectivity index (χ2v) is 9.67. The van der Waals surface area contributed by atoms with Gasteiger partial charge in [-0.05, 0) is 68.5 Å². The number of carbonyl (C=O) groups is 2. The van der Waals surface area contributed by atoms with Crippen LogP contribution in [-0.4, -0.2) is 18.5 Å². The fraction of sp³-hybridized carbons (Fsp3) is 0.269. The largest absolute Gasteiger partial charge is 0.462 e. The number of fused-ring (bicyclic) bond motifs is 1. The SMILES string of the molecule is CCOC(=O)c1c(NC(=O)/C(C#N)=C\c2ccc(-c3cc(C(F)(F)F)ccc3Cl)o2)sc2c1CCCC2. The first-order chi connectivity index (χ1) is 17.6. The van der Waals surface area contributed by atoms with Crippen LogP contribution >= 0.6 is 22.9 Å². The average Bonchev–Trinajstić information content (AvgIpc) is 3.46. The summed E-state index contributed by atoms with van der Waals surface area (Å²) < 4.78 is 50.1. The topological polar surface area (TPSA) is 92.3 Å². The molecule has 0 spiro atoms. The molecule has 0 unspecified atom stereocenters. The van der Waals surface area contributed by atoms with Gasteiger partial charge in [-0.2, -0.15) is 18.4 Å². The van der Waals surface area contributed by atoms with E-state index in [1.165, 1.54) is 23.5 Å². The van der Waals surface area contributed by atoms with Crippen molar-refractivity contribution in [3.05, 3.63) is 68.3 Å². The van der Waals surface area contributed by atoms with Crippen molar-refractivity contribution in [1.29, 1.82) is 5.26 Å². The Balaban J connectivity index is 1.61. The standard InChI is InChI=1S/C26H20ClF3N2O4S/c1-2-35-25(34)22-17-5-3-4-6-21(17)37-24(22)32-23(33)14(13-31)11-16-8-10-20(36-16)18-12-15(26(28,29)30)7-9-19(18)27/h7-12H,2-6H2,1H3,(H,32,33)/b14-11-. The van der Waals surface area contributed by atoms with Crippen molar-refractivity contribution in [2.75, 3.05) is 11.9 Å². The van der Waals surface area contributed by atoms with Crippen molar-refractivity contribution < 1.29 is 31.9 Å². The lowest BCUT2D eigenvalue weighted by atomic mass is 9.95. The molecule has 37 heavy (non-hydrogen) atoms. The van der Waals surface area contributed by atoms with Gasteiger partial charge in [-0.1, -0.05) is 11.6 Å². The number of nitrogens with zero attached hydrogens (tertiary/aromatic N) is 1. The maximum atomic E-state index is 13.1. The summed E-state index contributed by atoms with van der Waals surface area (Å²) in [5.41, 5.74) is -0.0270. The van der Waals surface area contributed by atoms with Crippen LogP contribution in [0.15, 0.2) is 40.3 Å². The van der Waals surface area contributed by atoms with Crippen LogP contribution in [0.4, 0.5) is 18.2 Å². The van der Waals surface area contributed by atoms with Crippen LogP contribution in [0.1, 0.15) is 51.9 Å². The van der Waals surface area contributed by atoms with Crippen molar-refractivity contribution in [2.24, 2.45) is 0 Å². The molecule has 1 aliphatic carbocycles. The van der Waals surface area contributed by atoms with Crippen molar-refractivity contribution in [3.8, 4) is 17.4 Å².